The molecule has 0 bridgehead atoms. The van der Waals surface area contributed by atoms with Gasteiger partial charge >= 0.3 is 0 Å². The smallest absolute Gasteiger partial charge is 0.183 e. The van der Waals surface area contributed by atoms with Crippen molar-refractivity contribution in [3.8, 4) is 11.5 Å². The summed E-state index contributed by atoms with van der Waals surface area (Å²) in [5.74, 6) is 1.82. The molecule has 32 heavy (non-hydrogen) atoms. The van der Waals surface area contributed by atoms with Crippen molar-refractivity contribution in [2.75, 3.05) is 51.2 Å². The van der Waals surface area contributed by atoms with Crippen LogP contribution in [0.5, 0.6) is 0 Å². The van der Waals surface area contributed by atoms with Crippen molar-refractivity contribution in [3.63, 3.8) is 0 Å². The van der Waals surface area contributed by atoms with Crippen LogP contribution in [0.3, 0.4) is 0 Å². The number of anilines is 1. The SMILES string of the molecule is CN1CCCC(N2CCN(c3nc(-c4cnccn4)nc4sc5c(c34)CCCC5)CC2)C1. The van der Waals surface area contributed by atoms with Crippen LogP contribution in [0.25, 0.3) is 21.7 Å². The van der Waals surface area contributed by atoms with Gasteiger partial charge in [0.25, 0.3) is 0 Å². The number of rotatable bonds is 3. The molecule has 2 aliphatic heterocycles. The van der Waals surface area contributed by atoms with Gasteiger partial charge in [0.2, 0.25) is 0 Å². The van der Waals surface area contributed by atoms with Crippen molar-refractivity contribution in [1.29, 1.82) is 0 Å². The van der Waals surface area contributed by atoms with Crippen molar-refractivity contribution >= 4 is 27.4 Å². The molecule has 3 aromatic heterocycles. The normalized spacial score (nSPS) is 22.9. The summed E-state index contributed by atoms with van der Waals surface area (Å²) in [6.45, 7) is 6.71. The number of likely N-dealkylation sites (N-methyl/N-ethyl adjacent to an activating group) is 1. The molecule has 0 radical (unpaired) electrons. The lowest BCUT2D eigenvalue weighted by atomic mass is 9.96. The summed E-state index contributed by atoms with van der Waals surface area (Å²) < 4.78 is 0. The zero-order valence-corrected chi connectivity index (χ0v) is 19.6. The standard InChI is InChI=1S/C24H31N7S/c1-29-10-4-5-17(16-29)30-11-13-31(14-12-30)23-21-18-6-2-3-7-20(18)32-24(21)28-22(27-23)19-15-25-8-9-26-19/h8-9,15,17H,2-7,10-14,16H2,1H3. The highest BCUT2D eigenvalue weighted by molar-refractivity contribution is 7.19. The quantitative estimate of drug-likeness (QED) is 0.608. The maximum atomic E-state index is 5.12. The Morgan fingerprint density at radius 3 is 2.66 bits per heavy atom. The molecule has 2 fully saturated rings. The van der Waals surface area contributed by atoms with Crippen LogP contribution in [-0.2, 0) is 12.8 Å². The molecule has 5 heterocycles. The zero-order valence-electron chi connectivity index (χ0n) is 18.8. The van der Waals surface area contributed by atoms with Crippen LogP contribution in [0, 0.1) is 0 Å². The molecule has 0 amide bonds. The fourth-order valence-corrected chi connectivity index (χ4v) is 6.89. The summed E-state index contributed by atoms with van der Waals surface area (Å²) in [7, 11) is 2.26. The Hall–Kier alpha value is -2.16. The largest absolute Gasteiger partial charge is 0.353 e. The van der Waals surface area contributed by atoms with E-state index in [1.807, 2.05) is 11.3 Å². The van der Waals surface area contributed by atoms with Crippen LogP contribution in [0.15, 0.2) is 18.6 Å². The number of hydrogen-bond donors (Lipinski definition) is 0. The summed E-state index contributed by atoms with van der Waals surface area (Å²) in [5.41, 5.74) is 2.26. The van der Waals surface area contributed by atoms with Crippen LogP contribution in [0.2, 0.25) is 0 Å². The maximum absolute atomic E-state index is 5.12. The van der Waals surface area contributed by atoms with E-state index in [1.54, 1.807) is 18.6 Å². The third-order valence-electron chi connectivity index (χ3n) is 7.32. The Balaban J connectivity index is 1.34. The van der Waals surface area contributed by atoms with E-state index < -0.39 is 0 Å². The molecule has 3 aliphatic rings. The van der Waals surface area contributed by atoms with Gasteiger partial charge in [-0.1, -0.05) is 0 Å². The Kier molecular flexibility index (Phi) is 5.53. The molecule has 0 N–H and O–H groups in total. The third-order valence-corrected chi connectivity index (χ3v) is 8.50. The van der Waals surface area contributed by atoms with E-state index in [1.165, 1.54) is 61.0 Å². The van der Waals surface area contributed by atoms with E-state index in [2.05, 4.69) is 31.7 Å². The molecule has 0 saturated carbocycles. The molecule has 1 atom stereocenters. The van der Waals surface area contributed by atoms with E-state index in [9.17, 15) is 0 Å². The molecule has 1 unspecified atom stereocenters. The number of piperidine rings is 1. The highest BCUT2D eigenvalue weighted by Crippen LogP contribution is 2.41. The fraction of sp³-hybridized carbons (Fsp3) is 0.583. The summed E-state index contributed by atoms with van der Waals surface area (Å²) >= 11 is 1.87. The number of fused-ring (bicyclic) bond motifs is 3. The van der Waals surface area contributed by atoms with E-state index in [0.717, 1.165) is 48.9 Å². The number of piperazine rings is 1. The average molecular weight is 450 g/mol. The van der Waals surface area contributed by atoms with Crippen LogP contribution < -0.4 is 4.90 Å². The number of aromatic nitrogens is 4. The topological polar surface area (TPSA) is 61.3 Å². The Bertz CT molecular complexity index is 1090. The highest BCUT2D eigenvalue weighted by Gasteiger charge is 2.30. The van der Waals surface area contributed by atoms with Crippen LogP contribution in [-0.4, -0.2) is 82.1 Å². The van der Waals surface area contributed by atoms with E-state index in [0.29, 0.717) is 11.9 Å². The molecular formula is C24H31N7S. The number of thiophene rings is 1. The van der Waals surface area contributed by atoms with Crippen LogP contribution >= 0.6 is 11.3 Å². The van der Waals surface area contributed by atoms with Crippen LogP contribution in [0.1, 0.15) is 36.1 Å². The van der Waals surface area contributed by atoms with Gasteiger partial charge < -0.3 is 9.80 Å². The second-order valence-electron chi connectivity index (χ2n) is 9.43. The lowest BCUT2D eigenvalue weighted by molar-refractivity contribution is 0.106. The van der Waals surface area contributed by atoms with Gasteiger partial charge in [-0.2, -0.15) is 0 Å². The Labute approximate surface area is 193 Å². The van der Waals surface area contributed by atoms with Gasteiger partial charge in [0.1, 0.15) is 16.3 Å². The van der Waals surface area contributed by atoms with Gasteiger partial charge in [0, 0.05) is 56.0 Å². The number of nitrogens with zero attached hydrogens (tertiary/aromatic N) is 7. The van der Waals surface area contributed by atoms with Crippen molar-refractivity contribution < 1.29 is 0 Å². The number of hydrogen-bond acceptors (Lipinski definition) is 8. The monoisotopic (exact) mass is 449 g/mol. The molecule has 168 valence electrons. The summed E-state index contributed by atoms with van der Waals surface area (Å²) in [4.78, 5) is 29.2. The number of aryl methyl sites for hydroxylation is 2. The Morgan fingerprint density at radius 1 is 0.969 bits per heavy atom. The van der Waals surface area contributed by atoms with Gasteiger partial charge in [-0.05, 0) is 57.7 Å². The van der Waals surface area contributed by atoms with E-state index in [4.69, 9.17) is 9.97 Å². The van der Waals surface area contributed by atoms with Crippen molar-refractivity contribution in [2.45, 2.75) is 44.6 Å². The van der Waals surface area contributed by atoms with Crippen molar-refractivity contribution in [1.82, 2.24) is 29.7 Å². The molecule has 1 aliphatic carbocycles. The van der Waals surface area contributed by atoms with Gasteiger partial charge in [-0.25, -0.2) is 15.0 Å². The minimum Gasteiger partial charge on any atom is -0.353 e. The van der Waals surface area contributed by atoms with Crippen molar-refractivity contribution in [3.05, 3.63) is 29.0 Å². The molecular weight excluding hydrogens is 418 g/mol. The lowest BCUT2D eigenvalue weighted by Gasteiger charge is -2.43. The van der Waals surface area contributed by atoms with E-state index in [-0.39, 0.29) is 0 Å². The fourth-order valence-electron chi connectivity index (χ4n) is 5.63. The van der Waals surface area contributed by atoms with Gasteiger partial charge in [-0.3, -0.25) is 9.88 Å². The predicted octanol–water partition coefficient (Wildman–Crippen LogP) is 3.24. The summed E-state index contributed by atoms with van der Waals surface area (Å²) in [6, 6.07) is 0.699. The maximum Gasteiger partial charge on any atom is 0.183 e. The van der Waals surface area contributed by atoms with Crippen LogP contribution in [0.4, 0.5) is 5.82 Å². The lowest BCUT2D eigenvalue weighted by Crippen LogP contribution is -2.54. The van der Waals surface area contributed by atoms with Gasteiger partial charge in [0.05, 0.1) is 11.6 Å². The molecule has 8 heteroatoms. The summed E-state index contributed by atoms with van der Waals surface area (Å²) in [5, 5.41) is 1.31. The molecule has 0 spiro atoms. The minimum atomic E-state index is 0.699. The molecule has 6 rings (SSSR count). The second-order valence-corrected chi connectivity index (χ2v) is 10.5. The zero-order chi connectivity index (χ0) is 21.5. The third kappa shape index (κ3) is 3.78. The molecule has 3 aromatic rings. The predicted molar refractivity (Wildman–Crippen MR) is 129 cm³/mol. The number of likely N-dealkylation sites (tertiary alicyclic amines) is 1. The van der Waals surface area contributed by atoms with Gasteiger partial charge in [0.15, 0.2) is 5.82 Å². The molecule has 7 nitrogen and oxygen atoms in total. The highest BCUT2D eigenvalue weighted by atomic mass is 32.1. The second kappa shape index (κ2) is 8.65. The minimum absolute atomic E-state index is 0.699. The first-order chi connectivity index (χ1) is 15.8. The molecule has 0 aromatic carbocycles. The first-order valence-corrected chi connectivity index (χ1v) is 12.8. The summed E-state index contributed by atoms with van der Waals surface area (Å²) in [6.07, 6.45) is 12.7. The average Bonchev–Trinajstić information content (AvgIpc) is 3.23. The van der Waals surface area contributed by atoms with Gasteiger partial charge in [-0.15, -0.1) is 11.3 Å². The first-order valence-electron chi connectivity index (χ1n) is 12.0. The molecule has 2 saturated heterocycles. The Morgan fingerprint density at radius 2 is 1.84 bits per heavy atom. The first kappa shape index (κ1) is 20.4. The van der Waals surface area contributed by atoms with Crippen molar-refractivity contribution in [2.24, 2.45) is 0 Å². The van der Waals surface area contributed by atoms with E-state index >= 15 is 0 Å².